The molecule has 4 nitrogen and oxygen atoms in total. The highest BCUT2D eigenvalue weighted by molar-refractivity contribution is 7.25. The van der Waals surface area contributed by atoms with Crippen molar-refractivity contribution in [2.45, 2.75) is 0 Å². The first kappa shape index (κ1) is 18.7. The first-order chi connectivity index (χ1) is 14.7. The fourth-order valence-corrected chi connectivity index (χ4v) is 4.78. The van der Waals surface area contributed by atoms with Crippen LogP contribution in [0.3, 0.4) is 0 Å². The summed E-state index contributed by atoms with van der Waals surface area (Å²) >= 11 is 1.79. The van der Waals surface area contributed by atoms with E-state index in [0.717, 1.165) is 17.1 Å². The van der Waals surface area contributed by atoms with Crippen LogP contribution in [0.25, 0.3) is 20.2 Å². The Morgan fingerprint density at radius 2 is 1.33 bits per heavy atom. The largest absolute Gasteiger partial charge is 0.707 e. The number of benzene rings is 4. The summed E-state index contributed by atoms with van der Waals surface area (Å²) in [4.78, 5) is 2.13. The van der Waals surface area contributed by atoms with Crippen molar-refractivity contribution < 1.29 is 14.7 Å². The molecule has 0 aliphatic rings. The molecule has 0 bridgehead atoms. The van der Waals surface area contributed by atoms with Gasteiger partial charge in [-0.15, -0.1) is 11.3 Å². The minimum absolute atomic E-state index is 0.380. The lowest BCUT2D eigenvalue weighted by Crippen LogP contribution is -2.20. The zero-order valence-electron chi connectivity index (χ0n) is 16.0. The maximum absolute atomic E-state index is 9.19. The highest BCUT2D eigenvalue weighted by Crippen LogP contribution is 2.40. The van der Waals surface area contributed by atoms with Crippen molar-refractivity contribution in [2.75, 3.05) is 4.90 Å². The van der Waals surface area contributed by atoms with E-state index in [4.69, 9.17) is 4.65 Å². The van der Waals surface area contributed by atoms with Gasteiger partial charge in [0.05, 0.1) is 0 Å². The predicted molar refractivity (Wildman–Crippen MR) is 125 cm³/mol. The smallest absolute Gasteiger partial charge is 0.512 e. The third-order valence-corrected chi connectivity index (χ3v) is 6.10. The Morgan fingerprint density at radius 3 is 2.17 bits per heavy atom. The molecule has 6 heteroatoms. The Morgan fingerprint density at radius 1 is 0.633 bits per heavy atom. The van der Waals surface area contributed by atoms with E-state index >= 15 is 0 Å². The van der Waals surface area contributed by atoms with Crippen LogP contribution in [0.5, 0.6) is 5.75 Å². The van der Waals surface area contributed by atoms with E-state index in [1.54, 1.807) is 23.5 Å². The van der Waals surface area contributed by atoms with Crippen molar-refractivity contribution in [3.63, 3.8) is 0 Å². The van der Waals surface area contributed by atoms with E-state index in [-0.39, 0.29) is 0 Å². The van der Waals surface area contributed by atoms with E-state index in [1.807, 2.05) is 42.5 Å². The Bertz CT molecular complexity index is 1320. The second kappa shape index (κ2) is 7.84. The van der Waals surface area contributed by atoms with Crippen LogP contribution in [0, 0.1) is 0 Å². The van der Waals surface area contributed by atoms with Crippen molar-refractivity contribution in [1.82, 2.24) is 0 Å². The summed E-state index contributed by atoms with van der Waals surface area (Å²) in [7, 11) is -1.86. The lowest BCUT2D eigenvalue weighted by Gasteiger charge is -2.26. The third-order valence-electron chi connectivity index (χ3n) is 4.95. The second-order valence-corrected chi connectivity index (χ2v) is 7.97. The van der Waals surface area contributed by atoms with Crippen LogP contribution in [0.2, 0.25) is 0 Å². The number of hydrogen-bond acceptors (Lipinski definition) is 5. The number of nitrogens with zero attached hydrogens (tertiary/aromatic N) is 1. The molecule has 0 saturated heterocycles. The van der Waals surface area contributed by atoms with Gasteiger partial charge in [0, 0.05) is 43.3 Å². The first-order valence-electron chi connectivity index (χ1n) is 9.58. The first-order valence-corrected chi connectivity index (χ1v) is 10.4. The number of hydrogen-bond donors (Lipinski definition) is 2. The van der Waals surface area contributed by atoms with Crippen molar-refractivity contribution in [3.8, 4) is 5.75 Å². The molecular weight excluding hydrogens is 393 g/mol. The SMILES string of the molecule is OB(O)Oc1cccc(N(c2ccccc2)c2ccc3sc4ccccc4c3c2)c1. The van der Waals surface area contributed by atoms with E-state index < -0.39 is 7.32 Å². The van der Waals surface area contributed by atoms with E-state index in [1.165, 1.54) is 20.2 Å². The highest BCUT2D eigenvalue weighted by Gasteiger charge is 2.17. The molecule has 1 aromatic heterocycles. The molecule has 4 aromatic carbocycles. The van der Waals surface area contributed by atoms with Gasteiger partial charge in [-0.1, -0.05) is 42.5 Å². The Labute approximate surface area is 178 Å². The standard InChI is InChI=1S/C24H18BNO3S/c27-25(28)29-20-10-6-9-18(15-20)26(17-7-2-1-3-8-17)19-13-14-24-22(16-19)21-11-4-5-12-23(21)30-24/h1-16,27-28H. The van der Waals surface area contributed by atoms with Gasteiger partial charge in [-0.3, -0.25) is 0 Å². The normalized spacial score (nSPS) is 11.0. The average molecular weight is 411 g/mol. The fourth-order valence-electron chi connectivity index (χ4n) is 3.70. The maximum atomic E-state index is 9.19. The Balaban J connectivity index is 1.69. The van der Waals surface area contributed by atoms with Crippen LogP contribution in [-0.4, -0.2) is 17.4 Å². The molecule has 146 valence electrons. The predicted octanol–water partition coefficient (Wildman–Crippen LogP) is 5.87. The average Bonchev–Trinajstić information content (AvgIpc) is 3.13. The molecule has 0 aliphatic heterocycles. The molecule has 0 atom stereocenters. The van der Waals surface area contributed by atoms with Crippen LogP contribution in [0.1, 0.15) is 0 Å². The molecule has 0 fully saturated rings. The summed E-state index contributed by atoms with van der Waals surface area (Å²) in [5.74, 6) is 0.380. The summed E-state index contributed by atoms with van der Waals surface area (Å²) < 4.78 is 7.59. The monoisotopic (exact) mass is 411 g/mol. The van der Waals surface area contributed by atoms with Crippen LogP contribution in [0.4, 0.5) is 17.1 Å². The molecule has 0 spiro atoms. The van der Waals surface area contributed by atoms with Gasteiger partial charge in [0.1, 0.15) is 5.75 Å². The number of para-hydroxylation sites is 1. The summed E-state index contributed by atoms with van der Waals surface area (Å²) in [6, 6.07) is 32.3. The maximum Gasteiger partial charge on any atom is 0.707 e. The van der Waals surface area contributed by atoms with E-state index in [0.29, 0.717) is 5.75 Å². The van der Waals surface area contributed by atoms with Gasteiger partial charge >= 0.3 is 7.32 Å². The summed E-state index contributed by atoms with van der Waals surface area (Å²) in [5, 5.41) is 20.8. The molecule has 5 rings (SSSR count). The summed E-state index contributed by atoms with van der Waals surface area (Å²) in [5.41, 5.74) is 2.87. The summed E-state index contributed by atoms with van der Waals surface area (Å²) in [6.45, 7) is 0. The zero-order valence-corrected chi connectivity index (χ0v) is 16.8. The molecular formula is C24H18BNO3S. The molecule has 0 amide bonds. The minimum atomic E-state index is -1.86. The summed E-state index contributed by atoms with van der Waals surface area (Å²) in [6.07, 6.45) is 0. The van der Waals surface area contributed by atoms with Crippen molar-refractivity contribution in [3.05, 3.63) is 97.1 Å². The van der Waals surface area contributed by atoms with Crippen molar-refractivity contribution in [1.29, 1.82) is 0 Å². The van der Waals surface area contributed by atoms with Gasteiger partial charge < -0.3 is 19.6 Å². The van der Waals surface area contributed by atoms with E-state index in [9.17, 15) is 10.0 Å². The lowest BCUT2D eigenvalue weighted by atomic mass is 10.1. The molecule has 30 heavy (non-hydrogen) atoms. The number of fused-ring (bicyclic) bond motifs is 3. The number of thiophene rings is 1. The lowest BCUT2D eigenvalue weighted by molar-refractivity contribution is 0.288. The van der Waals surface area contributed by atoms with Gasteiger partial charge in [0.15, 0.2) is 0 Å². The van der Waals surface area contributed by atoms with Crippen molar-refractivity contribution >= 4 is 55.9 Å². The van der Waals surface area contributed by atoms with E-state index in [2.05, 4.69) is 47.4 Å². The van der Waals surface area contributed by atoms with Crippen LogP contribution in [-0.2, 0) is 0 Å². The fraction of sp³-hybridized carbons (Fsp3) is 0. The molecule has 0 saturated carbocycles. The van der Waals surface area contributed by atoms with Gasteiger partial charge in [-0.25, -0.2) is 0 Å². The van der Waals surface area contributed by atoms with Crippen molar-refractivity contribution in [2.24, 2.45) is 0 Å². The molecule has 0 aliphatic carbocycles. The third kappa shape index (κ3) is 3.52. The number of anilines is 3. The molecule has 5 aromatic rings. The van der Waals surface area contributed by atoms with Crippen LogP contribution in [0.15, 0.2) is 97.1 Å². The van der Waals surface area contributed by atoms with Gasteiger partial charge in [-0.05, 0) is 48.5 Å². The number of rotatable bonds is 5. The Kier molecular flexibility index (Phi) is 4.89. The Hall–Kier alpha value is -3.32. The van der Waals surface area contributed by atoms with Gasteiger partial charge in [0.2, 0.25) is 0 Å². The zero-order chi connectivity index (χ0) is 20.5. The quantitative estimate of drug-likeness (QED) is 0.355. The van der Waals surface area contributed by atoms with Crippen LogP contribution < -0.4 is 9.55 Å². The topological polar surface area (TPSA) is 52.9 Å². The molecule has 2 N–H and O–H groups in total. The minimum Gasteiger partial charge on any atom is -0.512 e. The molecule has 0 unspecified atom stereocenters. The van der Waals surface area contributed by atoms with Gasteiger partial charge in [-0.2, -0.15) is 0 Å². The van der Waals surface area contributed by atoms with Crippen LogP contribution >= 0.6 is 11.3 Å². The molecule has 0 radical (unpaired) electrons. The van der Waals surface area contributed by atoms with Gasteiger partial charge in [0.25, 0.3) is 0 Å². The molecule has 1 heterocycles. The highest BCUT2D eigenvalue weighted by atomic mass is 32.1. The second-order valence-electron chi connectivity index (χ2n) is 6.89.